The van der Waals surface area contributed by atoms with Crippen molar-refractivity contribution in [2.45, 2.75) is 0 Å². The number of hydrogen-bond donors (Lipinski definition) is 0. The number of fused-ring (bicyclic) bond motifs is 1. The van der Waals surface area contributed by atoms with Gasteiger partial charge in [-0.3, -0.25) is 14.9 Å². The summed E-state index contributed by atoms with van der Waals surface area (Å²) >= 11 is 5.69. The zero-order chi connectivity index (χ0) is 18.0. The molecule has 3 rings (SSSR count). The van der Waals surface area contributed by atoms with Crippen LogP contribution in [0.5, 0.6) is 0 Å². The molecule has 0 atom stereocenters. The van der Waals surface area contributed by atoms with E-state index in [0.717, 1.165) is 11.5 Å². The van der Waals surface area contributed by atoms with Gasteiger partial charge in [-0.25, -0.2) is 4.79 Å². The van der Waals surface area contributed by atoms with E-state index in [4.69, 9.17) is 20.8 Å². The van der Waals surface area contributed by atoms with Gasteiger partial charge in [0.05, 0.1) is 4.92 Å². The van der Waals surface area contributed by atoms with Gasteiger partial charge < -0.3 is 9.15 Å². The van der Waals surface area contributed by atoms with Crippen LogP contribution in [0.4, 0.5) is 5.69 Å². The maximum Gasteiger partial charge on any atom is 0.345 e. The van der Waals surface area contributed by atoms with Gasteiger partial charge >= 0.3 is 5.97 Å². The first-order valence-electron chi connectivity index (χ1n) is 7.08. The van der Waals surface area contributed by atoms with E-state index in [9.17, 15) is 19.7 Å². The number of para-hydroxylation sites is 1. The van der Waals surface area contributed by atoms with Gasteiger partial charge in [0.25, 0.3) is 5.69 Å². The summed E-state index contributed by atoms with van der Waals surface area (Å²) in [6, 6.07) is 12.1. The molecular weight excluding hydrogens is 350 g/mol. The van der Waals surface area contributed by atoms with E-state index in [1.54, 1.807) is 24.3 Å². The summed E-state index contributed by atoms with van der Waals surface area (Å²) in [6.07, 6.45) is 0. The van der Waals surface area contributed by atoms with Crippen molar-refractivity contribution in [2.75, 3.05) is 6.61 Å². The number of nitrogens with zero attached hydrogens (tertiary/aromatic N) is 1. The van der Waals surface area contributed by atoms with Crippen molar-refractivity contribution < 1.29 is 23.7 Å². The lowest BCUT2D eigenvalue weighted by atomic mass is 10.2. The van der Waals surface area contributed by atoms with Gasteiger partial charge in [-0.05, 0) is 24.3 Å². The monoisotopic (exact) mass is 359 g/mol. The highest BCUT2D eigenvalue weighted by atomic mass is 35.5. The highest BCUT2D eigenvalue weighted by molar-refractivity contribution is 6.31. The van der Waals surface area contributed by atoms with Gasteiger partial charge in [0.1, 0.15) is 11.1 Å². The third kappa shape index (κ3) is 3.51. The first kappa shape index (κ1) is 16.7. The summed E-state index contributed by atoms with van der Waals surface area (Å²) < 4.78 is 10.3. The van der Waals surface area contributed by atoms with Crippen molar-refractivity contribution in [1.82, 2.24) is 0 Å². The van der Waals surface area contributed by atoms with Crippen LogP contribution >= 0.6 is 11.6 Å². The second-order valence-corrected chi connectivity index (χ2v) is 5.50. The topological polar surface area (TPSA) is 99.7 Å². The SMILES string of the molecule is O=C(COC(=O)c1ccc(Cl)cc1[N+](=O)[O-])c1cc2ccccc2o1. The molecule has 126 valence electrons. The molecule has 0 fully saturated rings. The molecule has 0 amide bonds. The van der Waals surface area contributed by atoms with Gasteiger partial charge in [0, 0.05) is 16.5 Å². The lowest BCUT2D eigenvalue weighted by Gasteiger charge is -2.04. The maximum atomic E-state index is 12.1. The Morgan fingerprint density at radius 2 is 1.92 bits per heavy atom. The van der Waals surface area contributed by atoms with Gasteiger partial charge in [0.15, 0.2) is 12.4 Å². The number of nitro benzene ring substituents is 1. The number of halogens is 1. The molecular formula is C17H10ClNO6. The Hall–Kier alpha value is -3.19. The minimum absolute atomic E-state index is 0.0413. The molecule has 0 spiro atoms. The number of nitro groups is 1. The van der Waals surface area contributed by atoms with E-state index in [2.05, 4.69) is 0 Å². The molecule has 0 bridgehead atoms. The molecule has 0 aliphatic rings. The zero-order valence-electron chi connectivity index (χ0n) is 12.6. The molecule has 2 aromatic carbocycles. The number of carbonyl (C=O) groups is 2. The van der Waals surface area contributed by atoms with Crippen LogP contribution < -0.4 is 0 Å². The number of esters is 1. The highest BCUT2D eigenvalue weighted by Crippen LogP contribution is 2.24. The number of Topliss-reactive ketones (excluding diaryl/α,β-unsaturated/α-hetero) is 1. The van der Waals surface area contributed by atoms with E-state index < -0.39 is 29.0 Å². The number of furan rings is 1. The minimum Gasteiger partial charge on any atom is -0.453 e. The third-order valence-corrected chi connectivity index (χ3v) is 3.65. The predicted molar refractivity (Wildman–Crippen MR) is 88.9 cm³/mol. The van der Waals surface area contributed by atoms with Crippen LogP contribution in [0, 0.1) is 10.1 Å². The molecule has 0 saturated heterocycles. The Morgan fingerprint density at radius 3 is 2.64 bits per heavy atom. The molecule has 0 radical (unpaired) electrons. The molecule has 8 heteroatoms. The Kier molecular flexibility index (Phi) is 4.49. The number of benzene rings is 2. The molecule has 0 aliphatic carbocycles. The molecule has 0 saturated carbocycles. The number of rotatable bonds is 5. The fraction of sp³-hybridized carbons (Fsp3) is 0.0588. The molecule has 0 aliphatic heterocycles. The number of carbonyl (C=O) groups excluding carboxylic acids is 2. The third-order valence-electron chi connectivity index (χ3n) is 3.41. The lowest BCUT2D eigenvalue weighted by Crippen LogP contribution is -2.15. The van der Waals surface area contributed by atoms with E-state index in [1.165, 1.54) is 18.2 Å². The van der Waals surface area contributed by atoms with E-state index in [0.29, 0.717) is 5.58 Å². The Labute approximate surface area is 145 Å². The molecule has 25 heavy (non-hydrogen) atoms. The van der Waals surface area contributed by atoms with Gasteiger partial charge in [-0.1, -0.05) is 29.8 Å². The number of hydrogen-bond acceptors (Lipinski definition) is 6. The van der Waals surface area contributed by atoms with Crippen molar-refractivity contribution in [3.8, 4) is 0 Å². The molecule has 0 N–H and O–H groups in total. The molecule has 1 heterocycles. The summed E-state index contributed by atoms with van der Waals surface area (Å²) in [4.78, 5) is 34.4. The first-order valence-corrected chi connectivity index (χ1v) is 7.46. The summed E-state index contributed by atoms with van der Waals surface area (Å²) in [6.45, 7) is -0.599. The van der Waals surface area contributed by atoms with Crippen LogP contribution in [-0.4, -0.2) is 23.3 Å². The molecule has 0 unspecified atom stereocenters. The number of ketones is 1. The fourth-order valence-electron chi connectivity index (χ4n) is 2.23. The van der Waals surface area contributed by atoms with Crippen molar-refractivity contribution in [3.05, 3.63) is 75.0 Å². The largest absolute Gasteiger partial charge is 0.453 e. The van der Waals surface area contributed by atoms with Gasteiger partial charge in [0.2, 0.25) is 5.78 Å². The standard InChI is InChI=1S/C17H10ClNO6/c18-11-5-6-12(13(8-11)19(22)23)17(21)24-9-14(20)16-7-10-3-1-2-4-15(10)25-16/h1-8H,9H2. The van der Waals surface area contributed by atoms with Crippen molar-refractivity contribution in [1.29, 1.82) is 0 Å². The Bertz CT molecular complexity index is 961. The van der Waals surface area contributed by atoms with Crippen LogP contribution in [-0.2, 0) is 4.74 Å². The smallest absolute Gasteiger partial charge is 0.345 e. The molecule has 1 aromatic heterocycles. The van der Waals surface area contributed by atoms with E-state index in [1.807, 2.05) is 0 Å². The van der Waals surface area contributed by atoms with Gasteiger partial charge in [-0.15, -0.1) is 0 Å². The highest BCUT2D eigenvalue weighted by Gasteiger charge is 2.23. The molecule has 3 aromatic rings. The van der Waals surface area contributed by atoms with Crippen molar-refractivity contribution >= 4 is 40.0 Å². The van der Waals surface area contributed by atoms with Crippen LogP contribution in [0.15, 0.2) is 52.9 Å². The summed E-state index contributed by atoms with van der Waals surface area (Å²) in [7, 11) is 0. The van der Waals surface area contributed by atoms with Crippen LogP contribution in [0.25, 0.3) is 11.0 Å². The zero-order valence-corrected chi connectivity index (χ0v) is 13.4. The van der Waals surface area contributed by atoms with Crippen LogP contribution in [0.2, 0.25) is 5.02 Å². The minimum atomic E-state index is -0.993. The summed E-state index contributed by atoms with van der Waals surface area (Å²) in [5.41, 5.74) is -0.244. The Morgan fingerprint density at radius 1 is 1.16 bits per heavy atom. The fourth-order valence-corrected chi connectivity index (χ4v) is 2.39. The normalized spacial score (nSPS) is 10.6. The molecule has 7 nitrogen and oxygen atoms in total. The first-order chi connectivity index (χ1) is 12.0. The average molecular weight is 360 g/mol. The van der Waals surface area contributed by atoms with E-state index in [-0.39, 0.29) is 16.3 Å². The second-order valence-electron chi connectivity index (χ2n) is 5.07. The lowest BCUT2D eigenvalue weighted by molar-refractivity contribution is -0.385. The van der Waals surface area contributed by atoms with Gasteiger partial charge in [-0.2, -0.15) is 0 Å². The van der Waals surface area contributed by atoms with Crippen LogP contribution in [0.1, 0.15) is 20.9 Å². The maximum absolute atomic E-state index is 12.1. The summed E-state index contributed by atoms with van der Waals surface area (Å²) in [5, 5.41) is 11.8. The van der Waals surface area contributed by atoms with E-state index >= 15 is 0 Å². The number of ether oxygens (including phenoxy) is 1. The van der Waals surface area contributed by atoms with Crippen LogP contribution in [0.3, 0.4) is 0 Å². The average Bonchev–Trinajstić information content (AvgIpc) is 3.03. The summed E-state index contributed by atoms with van der Waals surface area (Å²) in [5.74, 6) is -1.51. The predicted octanol–water partition coefficient (Wildman–Crippen LogP) is 4.03. The van der Waals surface area contributed by atoms with Crippen molar-refractivity contribution in [3.63, 3.8) is 0 Å². The quantitative estimate of drug-likeness (QED) is 0.295. The van der Waals surface area contributed by atoms with Crippen molar-refractivity contribution in [2.24, 2.45) is 0 Å². The second kappa shape index (κ2) is 6.74. The Balaban J connectivity index is 1.74.